The lowest BCUT2D eigenvalue weighted by atomic mass is 10.0. The van der Waals surface area contributed by atoms with E-state index in [9.17, 15) is 12.8 Å². The van der Waals surface area contributed by atoms with E-state index < -0.39 is 15.8 Å². The van der Waals surface area contributed by atoms with Gasteiger partial charge in [-0.05, 0) is 43.2 Å². The number of methoxy groups -OCH3 is 1. The van der Waals surface area contributed by atoms with Crippen molar-refractivity contribution in [2.24, 2.45) is 0 Å². The van der Waals surface area contributed by atoms with Gasteiger partial charge in [-0.25, -0.2) is 12.8 Å². The van der Waals surface area contributed by atoms with Crippen molar-refractivity contribution >= 4 is 10.0 Å². The number of hydrogen-bond donors (Lipinski definition) is 0. The third kappa shape index (κ3) is 3.39. The van der Waals surface area contributed by atoms with Gasteiger partial charge in [0.1, 0.15) is 28.3 Å². The predicted molar refractivity (Wildman–Crippen MR) is 96.7 cm³/mol. The maximum Gasteiger partial charge on any atom is 0.247 e. The highest BCUT2D eigenvalue weighted by Gasteiger charge is 2.48. The average molecular weight is 392 g/mol. The zero-order chi connectivity index (χ0) is 19.0. The summed E-state index contributed by atoms with van der Waals surface area (Å²) in [7, 11) is -2.47. The van der Waals surface area contributed by atoms with Crippen molar-refractivity contribution in [3.63, 3.8) is 0 Å². The minimum Gasteiger partial charge on any atom is -0.495 e. The van der Waals surface area contributed by atoms with Gasteiger partial charge in [-0.1, -0.05) is 0 Å². The minimum atomic E-state index is -3.86. The van der Waals surface area contributed by atoms with Crippen LogP contribution in [0.1, 0.15) is 25.7 Å². The molecule has 0 aliphatic carbocycles. The number of hydrogen-bond acceptors (Lipinski definition) is 5. The number of halogens is 1. The van der Waals surface area contributed by atoms with Crippen LogP contribution in [0.4, 0.5) is 4.39 Å². The normalized spacial score (nSPS) is 25.3. The molecule has 27 heavy (non-hydrogen) atoms. The summed E-state index contributed by atoms with van der Waals surface area (Å²) in [5.74, 6) is 0.293. The lowest BCUT2D eigenvalue weighted by molar-refractivity contribution is 0.0955. The summed E-state index contributed by atoms with van der Waals surface area (Å²) in [6, 6.07) is 6.85. The van der Waals surface area contributed by atoms with E-state index >= 15 is 0 Å². The van der Waals surface area contributed by atoms with Gasteiger partial charge in [0.25, 0.3) is 0 Å². The average Bonchev–Trinajstić information content (AvgIpc) is 2.95. The molecule has 2 aliphatic rings. The molecule has 2 saturated heterocycles. The molecule has 2 fully saturated rings. The Hall–Kier alpha value is -2.19. The maximum absolute atomic E-state index is 13.7. The Kier molecular flexibility index (Phi) is 4.77. The number of fused-ring (bicyclic) bond motifs is 2. The van der Waals surface area contributed by atoms with Gasteiger partial charge in [-0.15, -0.1) is 0 Å². The summed E-state index contributed by atoms with van der Waals surface area (Å²) < 4.78 is 53.0. The van der Waals surface area contributed by atoms with Crippen molar-refractivity contribution in [3.05, 3.63) is 48.5 Å². The van der Waals surface area contributed by atoms with E-state index in [2.05, 4.69) is 4.98 Å². The van der Waals surface area contributed by atoms with Crippen molar-refractivity contribution in [2.45, 2.75) is 48.8 Å². The molecule has 2 bridgehead atoms. The molecule has 8 heteroatoms. The second-order valence-corrected chi connectivity index (χ2v) is 8.72. The summed E-state index contributed by atoms with van der Waals surface area (Å²) in [4.78, 5) is 3.86. The Morgan fingerprint density at radius 2 is 1.78 bits per heavy atom. The van der Waals surface area contributed by atoms with Gasteiger partial charge in [-0.3, -0.25) is 4.98 Å². The van der Waals surface area contributed by atoms with Crippen molar-refractivity contribution in [3.8, 4) is 11.5 Å². The summed E-state index contributed by atoms with van der Waals surface area (Å²) in [6.07, 6.45) is 6.05. The fraction of sp³-hybridized carbons (Fsp3) is 0.421. The molecule has 1 aromatic carbocycles. The molecular weight excluding hydrogens is 371 g/mol. The van der Waals surface area contributed by atoms with Gasteiger partial charge in [0.2, 0.25) is 10.0 Å². The molecule has 2 atom stereocenters. The van der Waals surface area contributed by atoms with Gasteiger partial charge >= 0.3 is 0 Å². The highest BCUT2D eigenvalue weighted by atomic mass is 32.2. The fourth-order valence-electron chi connectivity index (χ4n) is 4.15. The van der Waals surface area contributed by atoms with Crippen molar-refractivity contribution in [1.82, 2.24) is 9.29 Å². The number of sulfonamides is 1. The number of piperidine rings is 1. The molecule has 3 heterocycles. The molecular formula is C19H21FN2O4S. The van der Waals surface area contributed by atoms with E-state index in [4.69, 9.17) is 9.47 Å². The molecule has 0 spiro atoms. The number of ether oxygens (including phenoxy) is 2. The number of aromatic nitrogens is 1. The summed E-state index contributed by atoms with van der Waals surface area (Å²) in [5, 5.41) is 0. The van der Waals surface area contributed by atoms with Gasteiger partial charge in [0, 0.05) is 37.3 Å². The molecule has 1 aromatic heterocycles. The molecule has 2 aliphatic heterocycles. The van der Waals surface area contributed by atoms with Crippen LogP contribution in [0.5, 0.6) is 11.5 Å². The van der Waals surface area contributed by atoms with E-state index in [1.807, 2.05) is 0 Å². The molecule has 144 valence electrons. The lowest BCUT2D eigenvalue weighted by Crippen LogP contribution is -2.49. The van der Waals surface area contributed by atoms with Crippen LogP contribution in [0.3, 0.4) is 0 Å². The SMILES string of the molecule is COc1ccc(F)cc1S(=O)(=O)N1C2CCC1CC(Oc1ccncc1)C2. The van der Waals surface area contributed by atoms with Crippen molar-refractivity contribution in [2.75, 3.05) is 7.11 Å². The molecule has 0 amide bonds. The topological polar surface area (TPSA) is 68.7 Å². The summed E-state index contributed by atoms with van der Waals surface area (Å²) in [5.41, 5.74) is 0. The van der Waals surface area contributed by atoms with Crippen LogP contribution in [0.15, 0.2) is 47.6 Å². The third-order valence-corrected chi connectivity index (χ3v) is 7.28. The number of rotatable bonds is 5. The number of nitrogens with zero attached hydrogens (tertiary/aromatic N) is 2. The standard InChI is InChI=1S/C19H21FN2O4S/c1-25-18-5-2-13(20)10-19(18)27(23,24)22-14-3-4-15(22)12-17(11-14)26-16-6-8-21-9-7-16/h2,5-10,14-15,17H,3-4,11-12H2,1H3. The summed E-state index contributed by atoms with van der Waals surface area (Å²) in [6.45, 7) is 0. The molecule has 2 aromatic rings. The smallest absolute Gasteiger partial charge is 0.247 e. The highest BCUT2D eigenvalue weighted by molar-refractivity contribution is 7.89. The molecule has 0 radical (unpaired) electrons. The Morgan fingerprint density at radius 3 is 2.41 bits per heavy atom. The van der Waals surface area contributed by atoms with Crippen LogP contribution in [0.2, 0.25) is 0 Å². The van der Waals surface area contributed by atoms with Crippen LogP contribution < -0.4 is 9.47 Å². The molecule has 0 N–H and O–H groups in total. The van der Waals surface area contributed by atoms with Crippen LogP contribution in [-0.4, -0.2) is 43.0 Å². The van der Waals surface area contributed by atoms with E-state index in [0.717, 1.165) is 24.7 Å². The Morgan fingerprint density at radius 1 is 1.11 bits per heavy atom. The fourth-order valence-corrected chi connectivity index (χ4v) is 6.21. The van der Waals surface area contributed by atoms with Crippen LogP contribution >= 0.6 is 0 Å². The second-order valence-electron chi connectivity index (χ2n) is 6.91. The van der Waals surface area contributed by atoms with Crippen molar-refractivity contribution in [1.29, 1.82) is 0 Å². The van der Waals surface area contributed by atoms with Crippen molar-refractivity contribution < 1.29 is 22.3 Å². The monoisotopic (exact) mass is 392 g/mol. The Bertz CT molecular complexity index is 909. The Balaban J connectivity index is 1.58. The Labute approximate surface area is 158 Å². The van der Waals surface area contributed by atoms with Gasteiger partial charge < -0.3 is 9.47 Å². The first-order valence-corrected chi connectivity index (χ1v) is 10.4. The lowest BCUT2D eigenvalue weighted by Gasteiger charge is -2.38. The predicted octanol–water partition coefficient (Wildman–Crippen LogP) is 2.99. The van der Waals surface area contributed by atoms with Crippen LogP contribution in [0.25, 0.3) is 0 Å². The quantitative estimate of drug-likeness (QED) is 0.783. The molecule has 6 nitrogen and oxygen atoms in total. The number of benzene rings is 1. The first-order valence-electron chi connectivity index (χ1n) is 8.93. The minimum absolute atomic E-state index is 0.0502. The van der Waals surface area contributed by atoms with E-state index in [1.165, 1.54) is 23.5 Å². The van der Waals surface area contributed by atoms with Crippen LogP contribution in [0, 0.1) is 5.82 Å². The molecule has 2 unspecified atom stereocenters. The van der Waals surface area contributed by atoms with Gasteiger partial charge in [0.05, 0.1) is 7.11 Å². The molecule has 0 saturated carbocycles. The van der Waals surface area contributed by atoms with E-state index in [-0.39, 0.29) is 28.8 Å². The van der Waals surface area contributed by atoms with Gasteiger partial charge in [-0.2, -0.15) is 4.31 Å². The maximum atomic E-state index is 13.7. The zero-order valence-corrected chi connectivity index (χ0v) is 15.7. The number of pyridine rings is 1. The van der Waals surface area contributed by atoms with Crippen LogP contribution in [-0.2, 0) is 10.0 Å². The van der Waals surface area contributed by atoms with Gasteiger partial charge in [0.15, 0.2) is 0 Å². The third-order valence-electron chi connectivity index (χ3n) is 5.26. The summed E-state index contributed by atoms with van der Waals surface area (Å²) >= 11 is 0. The first-order chi connectivity index (χ1) is 13.0. The van der Waals surface area contributed by atoms with E-state index in [0.29, 0.717) is 12.8 Å². The first kappa shape index (κ1) is 18.2. The second kappa shape index (κ2) is 7.09. The largest absolute Gasteiger partial charge is 0.495 e. The highest BCUT2D eigenvalue weighted by Crippen LogP contribution is 2.42. The van der Waals surface area contributed by atoms with E-state index in [1.54, 1.807) is 24.5 Å². The zero-order valence-electron chi connectivity index (χ0n) is 14.9. The molecule has 4 rings (SSSR count).